The molecule has 0 aliphatic heterocycles. The highest BCUT2D eigenvalue weighted by Crippen LogP contribution is 2.25. The van der Waals surface area contributed by atoms with Gasteiger partial charge in [0.2, 0.25) is 0 Å². The molecule has 5 nitrogen and oxygen atoms in total. The lowest BCUT2D eigenvalue weighted by molar-refractivity contribution is -0.136. The maximum Gasteiger partial charge on any atom is 0.342 e. The number of methoxy groups -OCH3 is 1. The summed E-state index contributed by atoms with van der Waals surface area (Å²) in [7, 11) is 1.49. The first-order valence-electron chi connectivity index (χ1n) is 9.95. The van der Waals surface area contributed by atoms with Gasteiger partial charge in [-0.25, -0.2) is 9.59 Å². The first-order valence-corrected chi connectivity index (χ1v) is 9.95. The highest BCUT2D eigenvalue weighted by atomic mass is 16.5. The Balaban J connectivity index is 1.92. The zero-order valence-corrected chi connectivity index (χ0v) is 17.5. The van der Waals surface area contributed by atoms with Crippen molar-refractivity contribution in [1.82, 2.24) is 0 Å². The van der Waals surface area contributed by atoms with Crippen LogP contribution < -0.4 is 4.74 Å². The van der Waals surface area contributed by atoms with E-state index in [1.165, 1.54) is 7.11 Å². The molecule has 0 N–H and O–H groups in total. The van der Waals surface area contributed by atoms with Crippen molar-refractivity contribution in [2.24, 2.45) is 0 Å². The molecule has 3 aromatic carbocycles. The average molecular weight is 416 g/mol. The maximum atomic E-state index is 12.7. The lowest BCUT2D eigenvalue weighted by atomic mass is 10.0. The minimum Gasteiger partial charge on any atom is -0.496 e. The Morgan fingerprint density at radius 3 is 2.19 bits per heavy atom. The maximum absolute atomic E-state index is 12.7. The fraction of sp³-hybridized carbons (Fsp3) is 0.154. The van der Waals surface area contributed by atoms with Crippen LogP contribution in [-0.4, -0.2) is 25.7 Å². The Bertz CT molecular complexity index is 1060. The van der Waals surface area contributed by atoms with Crippen molar-refractivity contribution in [2.45, 2.75) is 13.5 Å². The highest BCUT2D eigenvalue weighted by Gasteiger charge is 2.17. The van der Waals surface area contributed by atoms with Gasteiger partial charge in [-0.1, -0.05) is 66.7 Å². The van der Waals surface area contributed by atoms with Gasteiger partial charge in [-0.3, -0.25) is 0 Å². The molecule has 0 saturated carbocycles. The molecule has 0 fully saturated rings. The molecule has 0 aliphatic rings. The van der Waals surface area contributed by atoms with Gasteiger partial charge in [0.15, 0.2) is 0 Å². The molecule has 0 radical (unpaired) electrons. The number of rotatable bonds is 8. The van der Waals surface area contributed by atoms with Gasteiger partial charge in [0.1, 0.15) is 17.9 Å². The van der Waals surface area contributed by atoms with Crippen LogP contribution in [0.4, 0.5) is 0 Å². The summed E-state index contributed by atoms with van der Waals surface area (Å²) >= 11 is 0. The van der Waals surface area contributed by atoms with E-state index >= 15 is 0 Å². The van der Waals surface area contributed by atoms with Crippen molar-refractivity contribution in [3.05, 3.63) is 101 Å². The Kier molecular flexibility index (Phi) is 7.60. The van der Waals surface area contributed by atoms with Crippen LogP contribution in [0.25, 0.3) is 11.6 Å². The molecule has 158 valence electrons. The van der Waals surface area contributed by atoms with Crippen molar-refractivity contribution < 1.29 is 23.8 Å². The molecule has 0 aromatic heterocycles. The van der Waals surface area contributed by atoms with Gasteiger partial charge in [0, 0.05) is 0 Å². The van der Waals surface area contributed by atoms with E-state index in [0.717, 1.165) is 11.1 Å². The fourth-order valence-corrected chi connectivity index (χ4v) is 3.03. The van der Waals surface area contributed by atoms with E-state index in [0.29, 0.717) is 16.9 Å². The third-order valence-electron chi connectivity index (χ3n) is 4.55. The molecule has 5 heteroatoms. The molecule has 0 atom stereocenters. The topological polar surface area (TPSA) is 61.8 Å². The normalized spacial score (nSPS) is 11.0. The summed E-state index contributed by atoms with van der Waals surface area (Å²) in [6.45, 7) is 2.18. The molecule has 0 bridgehead atoms. The summed E-state index contributed by atoms with van der Waals surface area (Å²) in [5.74, 6) is -0.543. The predicted molar refractivity (Wildman–Crippen MR) is 120 cm³/mol. The van der Waals surface area contributed by atoms with E-state index < -0.39 is 11.9 Å². The molecule has 0 saturated heterocycles. The van der Waals surface area contributed by atoms with Gasteiger partial charge in [-0.15, -0.1) is 0 Å². The number of hydrogen-bond donors (Lipinski definition) is 0. The van der Waals surface area contributed by atoms with E-state index in [9.17, 15) is 9.59 Å². The van der Waals surface area contributed by atoms with Crippen molar-refractivity contribution in [3.8, 4) is 5.75 Å². The summed E-state index contributed by atoms with van der Waals surface area (Å²) in [5.41, 5.74) is 2.95. The Morgan fingerprint density at radius 2 is 1.55 bits per heavy atom. The van der Waals surface area contributed by atoms with E-state index in [2.05, 4.69) is 0 Å². The second kappa shape index (κ2) is 10.8. The Morgan fingerprint density at radius 1 is 0.871 bits per heavy atom. The SMILES string of the molecule is CCOC(=O)/C(=C/c1ccc(OC)c(C(=O)OCc2ccccc2)c1)c1ccccc1. The molecular weight excluding hydrogens is 392 g/mol. The van der Waals surface area contributed by atoms with Crippen LogP contribution in [-0.2, 0) is 20.9 Å². The zero-order chi connectivity index (χ0) is 22.1. The van der Waals surface area contributed by atoms with E-state index in [-0.39, 0.29) is 18.8 Å². The number of hydrogen-bond acceptors (Lipinski definition) is 5. The molecule has 3 rings (SSSR count). The third kappa shape index (κ3) is 5.82. The molecule has 31 heavy (non-hydrogen) atoms. The summed E-state index contributed by atoms with van der Waals surface area (Å²) in [6.07, 6.45) is 1.70. The van der Waals surface area contributed by atoms with E-state index in [4.69, 9.17) is 14.2 Å². The third-order valence-corrected chi connectivity index (χ3v) is 4.55. The first-order chi connectivity index (χ1) is 15.1. The smallest absolute Gasteiger partial charge is 0.342 e. The van der Waals surface area contributed by atoms with E-state index in [1.807, 2.05) is 60.7 Å². The molecule has 0 heterocycles. The van der Waals surface area contributed by atoms with Crippen molar-refractivity contribution in [3.63, 3.8) is 0 Å². The largest absolute Gasteiger partial charge is 0.496 e. The van der Waals surface area contributed by atoms with Gasteiger partial charge in [-0.05, 0) is 41.8 Å². The summed E-state index contributed by atoms with van der Waals surface area (Å²) in [6, 6.07) is 23.8. The summed E-state index contributed by atoms with van der Waals surface area (Å²) < 4.78 is 16.0. The average Bonchev–Trinajstić information content (AvgIpc) is 2.82. The second-order valence-corrected chi connectivity index (χ2v) is 6.67. The molecule has 3 aromatic rings. The quantitative estimate of drug-likeness (QED) is 0.288. The minimum atomic E-state index is -0.506. The number of esters is 2. The molecular formula is C26H24O5. The lowest BCUT2D eigenvalue weighted by Gasteiger charge is -2.11. The molecule has 0 spiro atoms. The van der Waals surface area contributed by atoms with Crippen LogP contribution >= 0.6 is 0 Å². The van der Waals surface area contributed by atoms with Crippen LogP contribution in [0.2, 0.25) is 0 Å². The van der Waals surface area contributed by atoms with Gasteiger partial charge >= 0.3 is 11.9 Å². The zero-order valence-electron chi connectivity index (χ0n) is 17.5. The van der Waals surface area contributed by atoms with Gasteiger partial charge in [0.05, 0.1) is 19.3 Å². The van der Waals surface area contributed by atoms with Crippen LogP contribution in [0.5, 0.6) is 5.75 Å². The van der Waals surface area contributed by atoms with E-state index in [1.54, 1.807) is 31.2 Å². The molecule has 0 aliphatic carbocycles. The number of carbonyl (C=O) groups excluding carboxylic acids is 2. The van der Waals surface area contributed by atoms with Gasteiger partial charge in [0.25, 0.3) is 0 Å². The second-order valence-electron chi connectivity index (χ2n) is 6.67. The Hall–Kier alpha value is -3.86. The fourth-order valence-electron chi connectivity index (χ4n) is 3.03. The summed E-state index contributed by atoms with van der Waals surface area (Å²) in [5, 5.41) is 0. The minimum absolute atomic E-state index is 0.154. The molecule has 0 amide bonds. The van der Waals surface area contributed by atoms with Crippen LogP contribution in [0.3, 0.4) is 0 Å². The molecule has 0 unspecified atom stereocenters. The highest BCUT2D eigenvalue weighted by molar-refractivity contribution is 6.21. The number of ether oxygens (including phenoxy) is 3. The Labute approximate surface area is 181 Å². The van der Waals surface area contributed by atoms with Crippen molar-refractivity contribution >= 4 is 23.6 Å². The lowest BCUT2D eigenvalue weighted by Crippen LogP contribution is -2.08. The van der Waals surface area contributed by atoms with Gasteiger partial charge < -0.3 is 14.2 Å². The monoisotopic (exact) mass is 416 g/mol. The number of benzene rings is 3. The number of carbonyl (C=O) groups is 2. The van der Waals surface area contributed by atoms with Crippen LogP contribution in [0.15, 0.2) is 78.9 Å². The van der Waals surface area contributed by atoms with Crippen LogP contribution in [0.1, 0.15) is 34.0 Å². The van der Waals surface area contributed by atoms with Crippen LogP contribution in [0, 0.1) is 0 Å². The van der Waals surface area contributed by atoms with Gasteiger partial charge in [-0.2, -0.15) is 0 Å². The van der Waals surface area contributed by atoms with Crippen molar-refractivity contribution in [1.29, 1.82) is 0 Å². The first kappa shape index (κ1) is 21.8. The standard InChI is InChI=1S/C26H24O5/c1-3-30-25(27)22(21-12-8-5-9-13-21)16-20-14-15-24(29-2)23(17-20)26(28)31-18-19-10-6-4-7-11-19/h4-17H,3,18H2,1-2H3/b22-16+. The van der Waals surface area contributed by atoms with Crippen molar-refractivity contribution in [2.75, 3.05) is 13.7 Å². The predicted octanol–water partition coefficient (Wildman–Crippen LogP) is 5.16. The summed E-state index contributed by atoms with van der Waals surface area (Å²) in [4.78, 5) is 25.3.